The number of nitrogens with zero attached hydrogens (tertiary/aromatic N) is 4. The van der Waals surface area contributed by atoms with Crippen LogP contribution in [0, 0.1) is 6.92 Å². The fourth-order valence-electron chi connectivity index (χ4n) is 2.95. The fourth-order valence-corrected chi connectivity index (χ4v) is 2.95. The molecule has 0 saturated heterocycles. The zero-order valence-electron chi connectivity index (χ0n) is 13.8. The average Bonchev–Trinajstić information content (AvgIpc) is 3.08. The minimum absolute atomic E-state index is 0.00817. The Morgan fingerprint density at radius 3 is 2.96 bits per heavy atom. The molecule has 1 aliphatic rings. The van der Waals surface area contributed by atoms with E-state index in [1.807, 2.05) is 25.7 Å². The van der Waals surface area contributed by atoms with Crippen molar-refractivity contribution in [1.29, 1.82) is 0 Å². The van der Waals surface area contributed by atoms with Gasteiger partial charge in [0.15, 0.2) is 5.82 Å². The molecule has 0 aliphatic carbocycles. The summed E-state index contributed by atoms with van der Waals surface area (Å²) in [6.07, 6.45) is 2.24. The first kappa shape index (κ1) is 15.7. The van der Waals surface area contributed by atoms with E-state index in [1.165, 1.54) is 0 Å². The standard InChI is InChI=1S/C16H22N4O3/c1-4-22-10-15-18-17-14-9-11(2)19(6-7-20(14)15)16(21)13-5-8-23-12(13)3/h5,8,11H,4,6-7,9-10H2,1-3H3/t11-/m0/s1. The van der Waals surface area contributed by atoms with Crippen molar-refractivity contribution in [2.45, 2.75) is 46.4 Å². The summed E-state index contributed by atoms with van der Waals surface area (Å²) in [6.45, 7) is 8.20. The zero-order valence-corrected chi connectivity index (χ0v) is 13.8. The molecule has 3 rings (SSSR count). The van der Waals surface area contributed by atoms with Crippen LogP contribution < -0.4 is 0 Å². The average molecular weight is 318 g/mol. The first-order valence-electron chi connectivity index (χ1n) is 7.95. The van der Waals surface area contributed by atoms with Crippen LogP contribution in [0.5, 0.6) is 0 Å². The van der Waals surface area contributed by atoms with Crippen LogP contribution in [0.15, 0.2) is 16.7 Å². The van der Waals surface area contributed by atoms with Crippen LogP contribution in [0.25, 0.3) is 0 Å². The summed E-state index contributed by atoms with van der Waals surface area (Å²) in [5.41, 5.74) is 0.629. The summed E-state index contributed by atoms with van der Waals surface area (Å²) in [6, 6.07) is 1.79. The number of amides is 1. The highest BCUT2D eigenvalue weighted by Gasteiger charge is 2.29. The maximum absolute atomic E-state index is 12.8. The number of aromatic nitrogens is 3. The van der Waals surface area contributed by atoms with Crippen LogP contribution in [0.4, 0.5) is 0 Å². The van der Waals surface area contributed by atoms with E-state index in [9.17, 15) is 4.79 Å². The molecular weight excluding hydrogens is 296 g/mol. The Kier molecular flexibility index (Phi) is 4.47. The van der Waals surface area contributed by atoms with Gasteiger partial charge in [0.05, 0.1) is 11.8 Å². The number of aryl methyl sites for hydroxylation is 1. The molecule has 2 aromatic rings. The lowest BCUT2D eigenvalue weighted by molar-refractivity contribution is 0.0692. The monoisotopic (exact) mass is 318 g/mol. The molecule has 2 aromatic heterocycles. The molecule has 23 heavy (non-hydrogen) atoms. The second-order valence-corrected chi connectivity index (χ2v) is 5.76. The third kappa shape index (κ3) is 3.01. The van der Waals surface area contributed by atoms with Crippen LogP contribution in [-0.2, 0) is 24.3 Å². The van der Waals surface area contributed by atoms with Crippen molar-refractivity contribution in [2.75, 3.05) is 13.2 Å². The molecule has 0 aromatic carbocycles. The zero-order chi connectivity index (χ0) is 16.4. The molecule has 0 radical (unpaired) electrons. The van der Waals surface area contributed by atoms with Gasteiger partial charge in [-0.2, -0.15) is 0 Å². The van der Waals surface area contributed by atoms with Crippen molar-refractivity contribution in [3.05, 3.63) is 35.3 Å². The molecule has 1 amide bonds. The number of hydrogen-bond acceptors (Lipinski definition) is 5. The maximum Gasteiger partial charge on any atom is 0.257 e. The van der Waals surface area contributed by atoms with Gasteiger partial charge in [0.25, 0.3) is 5.91 Å². The molecule has 0 unspecified atom stereocenters. The molecule has 0 saturated carbocycles. The predicted molar refractivity (Wildman–Crippen MR) is 83.0 cm³/mol. The minimum Gasteiger partial charge on any atom is -0.469 e. The number of fused-ring (bicyclic) bond motifs is 1. The van der Waals surface area contributed by atoms with E-state index in [0.717, 1.165) is 11.6 Å². The number of furan rings is 1. The van der Waals surface area contributed by atoms with Gasteiger partial charge >= 0.3 is 0 Å². The van der Waals surface area contributed by atoms with Gasteiger partial charge in [-0.3, -0.25) is 4.79 Å². The summed E-state index contributed by atoms with van der Waals surface area (Å²) >= 11 is 0. The highest BCUT2D eigenvalue weighted by atomic mass is 16.5. The first-order valence-corrected chi connectivity index (χ1v) is 7.95. The molecule has 7 nitrogen and oxygen atoms in total. The van der Waals surface area contributed by atoms with Crippen molar-refractivity contribution < 1.29 is 13.9 Å². The van der Waals surface area contributed by atoms with E-state index < -0.39 is 0 Å². The summed E-state index contributed by atoms with van der Waals surface area (Å²) < 4.78 is 12.8. The van der Waals surface area contributed by atoms with Crippen molar-refractivity contribution in [3.8, 4) is 0 Å². The van der Waals surface area contributed by atoms with Gasteiger partial charge in [-0.1, -0.05) is 0 Å². The fraction of sp³-hybridized carbons (Fsp3) is 0.562. The van der Waals surface area contributed by atoms with E-state index >= 15 is 0 Å². The smallest absolute Gasteiger partial charge is 0.257 e. The van der Waals surface area contributed by atoms with Crippen molar-refractivity contribution in [2.24, 2.45) is 0 Å². The van der Waals surface area contributed by atoms with E-state index in [4.69, 9.17) is 9.15 Å². The van der Waals surface area contributed by atoms with E-state index in [1.54, 1.807) is 12.3 Å². The van der Waals surface area contributed by atoms with Crippen molar-refractivity contribution in [3.63, 3.8) is 0 Å². The second-order valence-electron chi connectivity index (χ2n) is 5.76. The molecule has 7 heteroatoms. The van der Waals surface area contributed by atoms with Crippen LogP contribution in [0.3, 0.4) is 0 Å². The van der Waals surface area contributed by atoms with Crippen LogP contribution >= 0.6 is 0 Å². The maximum atomic E-state index is 12.8. The number of hydrogen-bond donors (Lipinski definition) is 0. The second kappa shape index (κ2) is 6.54. The summed E-state index contributed by atoms with van der Waals surface area (Å²) in [5, 5.41) is 8.49. The van der Waals surface area contributed by atoms with E-state index in [2.05, 4.69) is 14.8 Å². The van der Waals surface area contributed by atoms with Gasteiger partial charge in [0.2, 0.25) is 0 Å². The Morgan fingerprint density at radius 1 is 1.43 bits per heavy atom. The lowest BCUT2D eigenvalue weighted by atomic mass is 10.1. The number of carbonyl (C=O) groups excluding carboxylic acids is 1. The van der Waals surface area contributed by atoms with Gasteiger partial charge in [-0.05, 0) is 26.8 Å². The molecule has 1 aliphatic heterocycles. The quantitative estimate of drug-likeness (QED) is 0.859. The summed E-state index contributed by atoms with van der Waals surface area (Å²) in [4.78, 5) is 14.7. The molecule has 0 N–H and O–H groups in total. The van der Waals surface area contributed by atoms with Crippen LogP contribution in [-0.4, -0.2) is 44.8 Å². The Labute approximate surface area is 135 Å². The lowest BCUT2D eigenvalue weighted by Gasteiger charge is -2.26. The predicted octanol–water partition coefficient (Wildman–Crippen LogP) is 1.80. The normalized spacial score (nSPS) is 17.9. The lowest BCUT2D eigenvalue weighted by Crippen LogP contribution is -2.40. The van der Waals surface area contributed by atoms with Crippen LogP contribution in [0.2, 0.25) is 0 Å². The van der Waals surface area contributed by atoms with Gasteiger partial charge in [-0.25, -0.2) is 0 Å². The number of ether oxygens (including phenoxy) is 1. The summed E-state index contributed by atoms with van der Waals surface area (Å²) in [7, 11) is 0. The molecule has 3 heterocycles. The highest BCUT2D eigenvalue weighted by molar-refractivity contribution is 5.95. The molecule has 0 fully saturated rings. The van der Waals surface area contributed by atoms with Gasteiger partial charge in [0.1, 0.15) is 18.2 Å². The minimum atomic E-state index is 0.00817. The molecule has 0 spiro atoms. The Hall–Kier alpha value is -2.15. The highest BCUT2D eigenvalue weighted by Crippen LogP contribution is 2.19. The molecular formula is C16H22N4O3. The Balaban J connectivity index is 1.79. The van der Waals surface area contributed by atoms with Gasteiger partial charge in [-0.15, -0.1) is 10.2 Å². The SMILES string of the molecule is CCOCc1nnc2n1CCN(C(=O)c1ccoc1C)[C@@H](C)C2. The Morgan fingerprint density at radius 2 is 2.26 bits per heavy atom. The summed E-state index contributed by atoms with van der Waals surface area (Å²) in [5.74, 6) is 2.39. The van der Waals surface area contributed by atoms with Gasteiger partial charge < -0.3 is 18.6 Å². The topological polar surface area (TPSA) is 73.4 Å². The third-order valence-electron chi connectivity index (χ3n) is 4.26. The van der Waals surface area contributed by atoms with E-state index in [-0.39, 0.29) is 11.9 Å². The largest absolute Gasteiger partial charge is 0.469 e. The number of rotatable bonds is 4. The molecule has 124 valence electrons. The first-order chi connectivity index (χ1) is 11.1. The van der Waals surface area contributed by atoms with E-state index in [0.29, 0.717) is 44.0 Å². The molecule has 0 bridgehead atoms. The Bertz CT molecular complexity index is 691. The van der Waals surface area contributed by atoms with Crippen LogP contribution in [0.1, 0.15) is 41.6 Å². The van der Waals surface area contributed by atoms with Crippen molar-refractivity contribution in [1.82, 2.24) is 19.7 Å². The van der Waals surface area contributed by atoms with Gasteiger partial charge in [0, 0.05) is 32.2 Å². The third-order valence-corrected chi connectivity index (χ3v) is 4.26. The number of carbonyl (C=O) groups is 1. The molecule has 1 atom stereocenters. The van der Waals surface area contributed by atoms with Crippen molar-refractivity contribution >= 4 is 5.91 Å².